The summed E-state index contributed by atoms with van der Waals surface area (Å²) in [6, 6.07) is 3.77. The number of nitrogens with zero attached hydrogens (tertiary/aromatic N) is 4. The van der Waals surface area contributed by atoms with Gasteiger partial charge in [-0.2, -0.15) is 4.98 Å². The summed E-state index contributed by atoms with van der Waals surface area (Å²) < 4.78 is 4.87. The van der Waals surface area contributed by atoms with Crippen LogP contribution in [0.1, 0.15) is 5.56 Å². The standard InChI is InChI=1S/C12H13N5O3/c1-20-12-10(17(18)19)11(15-8-16-12)14-6-4-9-3-2-5-13-7-9/h2-3,5,7-8H,4,6H2,1H3,(H,14,15,16). The largest absolute Gasteiger partial charge is 0.476 e. The molecule has 0 bridgehead atoms. The third-order valence-electron chi connectivity index (χ3n) is 2.59. The number of hydrogen-bond acceptors (Lipinski definition) is 7. The van der Waals surface area contributed by atoms with Crippen molar-refractivity contribution < 1.29 is 9.66 Å². The van der Waals surface area contributed by atoms with Gasteiger partial charge in [-0.25, -0.2) is 4.98 Å². The van der Waals surface area contributed by atoms with E-state index in [0.717, 1.165) is 5.56 Å². The van der Waals surface area contributed by atoms with Gasteiger partial charge in [0.25, 0.3) is 5.88 Å². The summed E-state index contributed by atoms with van der Waals surface area (Å²) in [7, 11) is 1.33. The van der Waals surface area contributed by atoms with Crippen molar-refractivity contribution in [1.29, 1.82) is 0 Å². The highest BCUT2D eigenvalue weighted by molar-refractivity contribution is 5.61. The van der Waals surface area contributed by atoms with E-state index < -0.39 is 4.92 Å². The number of pyridine rings is 1. The fourth-order valence-corrected chi connectivity index (χ4v) is 1.68. The smallest absolute Gasteiger partial charge is 0.372 e. The quantitative estimate of drug-likeness (QED) is 0.628. The predicted molar refractivity (Wildman–Crippen MR) is 71.7 cm³/mol. The molecule has 2 rings (SSSR count). The van der Waals surface area contributed by atoms with Gasteiger partial charge in [-0.3, -0.25) is 15.1 Å². The molecule has 8 nitrogen and oxygen atoms in total. The van der Waals surface area contributed by atoms with E-state index in [4.69, 9.17) is 4.74 Å². The molecule has 8 heteroatoms. The van der Waals surface area contributed by atoms with Crippen LogP contribution in [0.4, 0.5) is 11.5 Å². The normalized spacial score (nSPS) is 10.1. The minimum Gasteiger partial charge on any atom is -0.476 e. The first-order valence-corrected chi connectivity index (χ1v) is 5.88. The molecule has 0 aromatic carbocycles. The Labute approximate surface area is 115 Å². The first-order chi connectivity index (χ1) is 9.72. The van der Waals surface area contributed by atoms with Gasteiger partial charge < -0.3 is 10.1 Å². The number of nitrogens with one attached hydrogen (secondary N) is 1. The van der Waals surface area contributed by atoms with Crippen LogP contribution in [0.2, 0.25) is 0 Å². The highest BCUT2D eigenvalue weighted by Gasteiger charge is 2.23. The number of nitro groups is 1. The molecule has 0 amide bonds. The van der Waals surface area contributed by atoms with Crippen LogP contribution in [-0.2, 0) is 6.42 Å². The van der Waals surface area contributed by atoms with Crippen molar-refractivity contribution in [3.63, 3.8) is 0 Å². The summed E-state index contributed by atoms with van der Waals surface area (Å²) in [4.78, 5) is 22.1. The molecule has 0 saturated carbocycles. The van der Waals surface area contributed by atoms with Crippen molar-refractivity contribution in [3.8, 4) is 5.88 Å². The zero-order chi connectivity index (χ0) is 14.4. The first-order valence-electron chi connectivity index (χ1n) is 5.88. The second-order valence-corrected chi connectivity index (χ2v) is 3.88. The molecule has 0 aliphatic heterocycles. The molecule has 0 aliphatic rings. The van der Waals surface area contributed by atoms with E-state index in [1.54, 1.807) is 12.4 Å². The molecule has 0 unspecified atom stereocenters. The summed E-state index contributed by atoms with van der Waals surface area (Å²) in [6.07, 6.45) is 5.34. The maximum absolute atomic E-state index is 11.0. The van der Waals surface area contributed by atoms with Crippen LogP contribution in [0.5, 0.6) is 5.88 Å². The SMILES string of the molecule is COc1ncnc(NCCc2cccnc2)c1[N+](=O)[O-]. The fraction of sp³-hybridized carbons (Fsp3) is 0.250. The van der Waals surface area contributed by atoms with E-state index in [2.05, 4.69) is 20.3 Å². The Morgan fingerprint density at radius 3 is 2.95 bits per heavy atom. The van der Waals surface area contributed by atoms with Gasteiger partial charge in [0.1, 0.15) is 6.33 Å². The van der Waals surface area contributed by atoms with E-state index in [0.29, 0.717) is 13.0 Å². The lowest BCUT2D eigenvalue weighted by molar-refractivity contribution is -0.385. The highest BCUT2D eigenvalue weighted by Crippen LogP contribution is 2.30. The molecular formula is C12H13N5O3. The zero-order valence-corrected chi connectivity index (χ0v) is 10.8. The molecule has 0 fully saturated rings. The van der Waals surface area contributed by atoms with Gasteiger partial charge in [-0.05, 0) is 18.1 Å². The summed E-state index contributed by atoms with van der Waals surface area (Å²) >= 11 is 0. The van der Waals surface area contributed by atoms with Gasteiger partial charge in [-0.1, -0.05) is 6.07 Å². The summed E-state index contributed by atoms with van der Waals surface area (Å²) in [6.45, 7) is 0.493. The van der Waals surface area contributed by atoms with Gasteiger partial charge in [0.2, 0.25) is 5.82 Å². The van der Waals surface area contributed by atoms with E-state index in [1.807, 2.05) is 12.1 Å². The molecular weight excluding hydrogens is 262 g/mol. The summed E-state index contributed by atoms with van der Waals surface area (Å²) in [5.74, 6) is 0.0830. The van der Waals surface area contributed by atoms with Gasteiger partial charge in [0, 0.05) is 18.9 Å². The van der Waals surface area contributed by atoms with E-state index in [-0.39, 0.29) is 17.4 Å². The second kappa shape index (κ2) is 6.41. The maximum Gasteiger partial charge on any atom is 0.372 e. The molecule has 2 heterocycles. The Morgan fingerprint density at radius 1 is 1.45 bits per heavy atom. The van der Waals surface area contributed by atoms with Crippen molar-refractivity contribution in [2.75, 3.05) is 19.0 Å². The average molecular weight is 275 g/mol. The summed E-state index contributed by atoms with van der Waals surface area (Å²) in [5, 5.41) is 13.9. The lowest BCUT2D eigenvalue weighted by atomic mass is 10.2. The maximum atomic E-state index is 11.0. The number of ether oxygens (including phenoxy) is 1. The van der Waals surface area contributed by atoms with Gasteiger partial charge in [0.05, 0.1) is 12.0 Å². The Kier molecular flexibility index (Phi) is 4.38. The average Bonchev–Trinajstić information content (AvgIpc) is 2.47. The Balaban J connectivity index is 2.08. The molecule has 2 aromatic heterocycles. The fourth-order valence-electron chi connectivity index (χ4n) is 1.68. The van der Waals surface area contributed by atoms with Crippen LogP contribution in [0.15, 0.2) is 30.9 Å². The highest BCUT2D eigenvalue weighted by atomic mass is 16.6. The van der Waals surface area contributed by atoms with Crippen LogP contribution in [0.25, 0.3) is 0 Å². The number of anilines is 1. The van der Waals surface area contributed by atoms with Gasteiger partial charge in [-0.15, -0.1) is 0 Å². The molecule has 2 aromatic rings. The lowest BCUT2D eigenvalue weighted by Crippen LogP contribution is -2.10. The molecule has 1 N–H and O–H groups in total. The Bertz CT molecular complexity index is 591. The minimum atomic E-state index is -0.564. The number of methoxy groups -OCH3 is 1. The van der Waals surface area contributed by atoms with Crippen LogP contribution in [0.3, 0.4) is 0 Å². The van der Waals surface area contributed by atoms with Crippen LogP contribution in [-0.4, -0.2) is 33.5 Å². The molecule has 0 aliphatic carbocycles. The van der Waals surface area contributed by atoms with E-state index >= 15 is 0 Å². The topological polar surface area (TPSA) is 103 Å². The van der Waals surface area contributed by atoms with Crippen LogP contribution in [0, 0.1) is 10.1 Å². The molecule has 20 heavy (non-hydrogen) atoms. The van der Waals surface area contributed by atoms with Crippen molar-refractivity contribution in [2.45, 2.75) is 6.42 Å². The van der Waals surface area contributed by atoms with Crippen molar-refractivity contribution in [2.24, 2.45) is 0 Å². The number of rotatable bonds is 6. The van der Waals surface area contributed by atoms with Gasteiger partial charge >= 0.3 is 5.69 Å². The predicted octanol–water partition coefficient (Wildman–Crippen LogP) is 1.44. The lowest BCUT2D eigenvalue weighted by Gasteiger charge is -2.07. The molecule has 0 spiro atoms. The third kappa shape index (κ3) is 3.16. The minimum absolute atomic E-state index is 0.0612. The van der Waals surface area contributed by atoms with Crippen molar-refractivity contribution in [3.05, 3.63) is 46.5 Å². The van der Waals surface area contributed by atoms with Gasteiger partial charge in [0.15, 0.2) is 0 Å². The monoisotopic (exact) mass is 275 g/mol. The van der Waals surface area contributed by atoms with E-state index in [1.165, 1.54) is 13.4 Å². The molecule has 104 valence electrons. The van der Waals surface area contributed by atoms with E-state index in [9.17, 15) is 10.1 Å². The van der Waals surface area contributed by atoms with Crippen LogP contribution >= 0.6 is 0 Å². The molecule has 0 saturated heterocycles. The third-order valence-corrected chi connectivity index (χ3v) is 2.59. The number of aromatic nitrogens is 3. The Morgan fingerprint density at radius 2 is 2.30 bits per heavy atom. The van der Waals surface area contributed by atoms with Crippen molar-refractivity contribution in [1.82, 2.24) is 15.0 Å². The first kappa shape index (κ1) is 13.7. The van der Waals surface area contributed by atoms with Crippen LogP contribution < -0.4 is 10.1 Å². The Hall–Kier alpha value is -2.77. The second-order valence-electron chi connectivity index (χ2n) is 3.88. The van der Waals surface area contributed by atoms with Crippen molar-refractivity contribution >= 4 is 11.5 Å². The summed E-state index contributed by atoms with van der Waals surface area (Å²) in [5.41, 5.74) is 0.768. The zero-order valence-electron chi connectivity index (χ0n) is 10.8. The molecule has 0 radical (unpaired) electrons. The number of hydrogen-bond donors (Lipinski definition) is 1. The molecule has 0 atom stereocenters.